The van der Waals surface area contributed by atoms with Crippen LogP contribution in [-0.4, -0.2) is 74.1 Å². The lowest BCUT2D eigenvalue weighted by Gasteiger charge is -2.18. The van der Waals surface area contributed by atoms with Crippen LogP contribution >= 0.6 is 15.9 Å². The van der Waals surface area contributed by atoms with Gasteiger partial charge in [-0.25, -0.2) is 0 Å². The molecule has 0 aliphatic heterocycles. The summed E-state index contributed by atoms with van der Waals surface area (Å²) in [6, 6.07) is 59.8. The van der Waals surface area contributed by atoms with E-state index in [1.165, 1.54) is 18.7 Å². The van der Waals surface area contributed by atoms with E-state index in [2.05, 4.69) is 28.1 Å². The van der Waals surface area contributed by atoms with Crippen molar-refractivity contribution in [3.8, 4) is 51.7 Å². The number of alkyl halides is 1. The highest BCUT2D eigenvalue weighted by Gasteiger charge is 2.18. The van der Waals surface area contributed by atoms with Crippen LogP contribution in [0.2, 0.25) is 0 Å². The summed E-state index contributed by atoms with van der Waals surface area (Å²) in [6.07, 6.45) is 3.84. The van der Waals surface area contributed by atoms with Crippen LogP contribution in [0.4, 0.5) is 0 Å². The maximum Gasteiger partial charge on any atom is 0.203 e. The molecule has 0 unspecified atom stereocenters. The van der Waals surface area contributed by atoms with Crippen LogP contribution < -0.4 is 38.9 Å². The number of unbranched alkanes of at least 4 members (excludes halogenated alkanes) is 1. The van der Waals surface area contributed by atoms with Gasteiger partial charge in [0.25, 0.3) is 0 Å². The van der Waals surface area contributed by atoms with E-state index in [1.807, 2.05) is 152 Å². The number of aliphatic hydroxyl groups is 2. The third kappa shape index (κ3) is 23.0. The summed E-state index contributed by atoms with van der Waals surface area (Å²) in [5.74, 6) is 2.72. The summed E-state index contributed by atoms with van der Waals surface area (Å²) in [5, 5.41) is 35.9. The zero-order valence-corrected chi connectivity index (χ0v) is 46.3. The van der Waals surface area contributed by atoms with Crippen LogP contribution in [0.25, 0.3) is 0 Å². The maximum absolute atomic E-state index is 11.2. The Morgan fingerprint density at radius 2 is 0.772 bits per heavy atom. The Labute approximate surface area is 471 Å². The van der Waals surface area contributed by atoms with Crippen LogP contribution in [-0.2, 0) is 38.2 Å². The van der Waals surface area contributed by atoms with E-state index in [1.54, 1.807) is 26.4 Å². The van der Waals surface area contributed by atoms with Gasteiger partial charge in [-0.3, -0.25) is 9.59 Å². The predicted octanol–water partition coefficient (Wildman–Crippen LogP) is 12.3. The second-order valence-electron chi connectivity index (χ2n) is 16.9. The zero-order chi connectivity index (χ0) is 56.9. The smallest absolute Gasteiger partial charge is 0.203 e. The largest absolute Gasteiger partial charge is 0.504 e. The first-order valence-corrected chi connectivity index (χ1v) is 26.4. The zero-order valence-electron chi connectivity index (χ0n) is 44.7. The van der Waals surface area contributed by atoms with E-state index >= 15 is 0 Å². The van der Waals surface area contributed by atoms with Crippen LogP contribution in [0.1, 0.15) is 66.9 Å². The summed E-state index contributed by atoms with van der Waals surface area (Å²) in [5.41, 5.74) is 12.2. The molecule has 15 heteroatoms. The summed E-state index contributed by atoms with van der Waals surface area (Å²) in [6.45, 7) is 2.30. The van der Waals surface area contributed by atoms with Crippen molar-refractivity contribution in [1.82, 2.24) is 0 Å². The second-order valence-corrected chi connectivity index (χ2v) is 17.5. The monoisotopic (exact) mass is 1140 g/mol. The SMILES string of the molecule is BrCc1ccccc1.COc1cc(C=O)cc(O)c1O.COc1cc(C=O)cc(OCc2ccccc2)c1OCc1ccccc1.COc1cc(CCCCO)cc(OCc2ccccc2)c1OCc1ccccc1.NCCO. The first-order valence-electron chi connectivity index (χ1n) is 25.3. The van der Waals surface area contributed by atoms with Gasteiger partial charge in [0.15, 0.2) is 34.5 Å². The highest BCUT2D eigenvalue weighted by atomic mass is 79.9. The van der Waals surface area contributed by atoms with Crippen LogP contribution in [0.5, 0.6) is 51.7 Å². The number of rotatable bonds is 23. The Bertz CT molecular complexity index is 2930. The number of ether oxygens (including phenoxy) is 7. The quantitative estimate of drug-likeness (QED) is 0.0175. The Hall–Kier alpha value is -8.34. The molecule has 416 valence electrons. The average Bonchev–Trinajstić information content (AvgIpc) is 3.52. The van der Waals surface area contributed by atoms with E-state index in [4.69, 9.17) is 59.3 Å². The molecule has 0 aromatic heterocycles. The molecule has 6 N–H and O–H groups in total. The highest BCUT2D eigenvalue weighted by molar-refractivity contribution is 9.08. The fraction of sp³-hybridized carbons (Fsp3) is 0.219. The number of methoxy groups -OCH3 is 3. The molecule has 0 bridgehead atoms. The van der Waals surface area contributed by atoms with Gasteiger partial charge in [0.05, 0.1) is 27.9 Å². The van der Waals surface area contributed by atoms with Gasteiger partial charge in [0.2, 0.25) is 17.2 Å². The van der Waals surface area contributed by atoms with E-state index in [-0.39, 0.29) is 36.0 Å². The minimum absolute atomic E-state index is 0.0806. The Morgan fingerprint density at radius 1 is 0.430 bits per heavy atom. The number of phenols is 2. The van der Waals surface area contributed by atoms with Crippen molar-refractivity contribution in [2.75, 3.05) is 41.1 Å². The normalized spacial score (nSPS) is 9.96. The fourth-order valence-electron chi connectivity index (χ4n) is 7.02. The van der Waals surface area contributed by atoms with Gasteiger partial charge in [-0.1, -0.05) is 168 Å². The lowest BCUT2D eigenvalue weighted by Crippen LogP contribution is -2.03. The first kappa shape index (κ1) is 63.2. The minimum Gasteiger partial charge on any atom is -0.504 e. The minimum atomic E-state index is -0.364. The number of hydrogen-bond acceptors (Lipinski definition) is 14. The molecule has 0 aliphatic rings. The first-order chi connectivity index (χ1) is 38.6. The Balaban J connectivity index is 0.000000243. The van der Waals surface area contributed by atoms with Crippen molar-refractivity contribution in [2.45, 2.75) is 51.0 Å². The van der Waals surface area contributed by atoms with Gasteiger partial charge in [-0.2, -0.15) is 0 Å². The molecule has 0 saturated heterocycles. The Morgan fingerprint density at radius 3 is 1.14 bits per heavy atom. The van der Waals surface area contributed by atoms with Crippen LogP contribution in [0.3, 0.4) is 0 Å². The second kappa shape index (κ2) is 37.4. The number of carbonyl (C=O) groups excluding carboxylic acids is 2. The fourth-order valence-corrected chi connectivity index (χ4v) is 7.39. The standard InChI is InChI=1S/C25H28O4.C22H20O4.C8H8O4.C7H7Br.C2H7NO/c1-27-23-16-22(14-8-9-15-26)17-24(28-18-20-10-4-2-5-11-20)25(23)29-19-21-12-6-3-7-13-21;1-24-20-12-19(14-23)13-21(25-15-17-8-4-2-5-9-17)22(20)26-16-18-10-6-3-7-11-18;1-12-7-3-5(4-9)2-6(10)8(7)11;8-6-7-4-2-1-3-5-7;3-1-2-4/h2-7,10-13,16-17,26H,8-9,14-15,18-19H2,1H3;2-14H,15-16H2,1H3;2-4,10-11H,1H3;1-5H,6H2;4H,1-3H2. The van der Waals surface area contributed by atoms with Gasteiger partial charge >= 0.3 is 0 Å². The van der Waals surface area contributed by atoms with E-state index < -0.39 is 0 Å². The number of benzene rings is 8. The molecule has 0 amide bonds. The molecular formula is C64H70BrNO13. The molecule has 0 heterocycles. The number of halogens is 1. The van der Waals surface area contributed by atoms with Crippen molar-refractivity contribution < 1.29 is 63.2 Å². The lowest BCUT2D eigenvalue weighted by molar-refractivity contribution is 0.111. The topological polar surface area (TPSA) is 206 Å². The molecule has 14 nitrogen and oxygen atoms in total. The van der Waals surface area contributed by atoms with Gasteiger partial charge in [-0.15, -0.1) is 0 Å². The molecule has 0 spiro atoms. The van der Waals surface area contributed by atoms with E-state index in [0.717, 1.165) is 64.8 Å². The van der Waals surface area contributed by atoms with Gasteiger partial charge in [0.1, 0.15) is 39.0 Å². The summed E-state index contributed by atoms with van der Waals surface area (Å²) in [7, 11) is 4.52. The van der Waals surface area contributed by atoms with Crippen molar-refractivity contribution in [2.24, 2.45) is 5.73 Å². The number of aryl methyl sites for hydroxylation is 1. The van der Waals surface area contributed by atoms with E-state index in [9.17, 15) is 9.59 Å². The van der Waals surface area contributed by atoms with Gasteiger partial charge in [-0.05, 0) is 89.0 Å². The highest BCUT2D eigenvalue weighted by Crippen LogP contribution is 2.41. The molecule has 0 saturated carbocycles. The maximum atomic E-state index is 11.2. The lowest BCUT2D eigenvalue weighted by atomic mass is 10.1. The summed E-state index contributed by atoms with van der Waals surface area (Å²) < 4.78 is 39.9. The molecular weight excluding hydrogens is 1070 g/mol. The molecule has 8 rings (SSSR count). The third-order valence-corrected chi connectivity index (χ3v) is 11.7. The molecule has 8 aromatic carbocycles. The molecule has 8 aromatic rings. The third-order valence-electron chi connectivity index (χ3n) is 11.1. The molecule has 0 fully saturated rings. The van der Waals surface area contributed by atoms with Gasteiger partial charge in [0, 0.05) is 29.6 Å². The summed E-state index contributed by atoms with van der Waals surface area (Å²) in [4.78, 5) is 21.5. The number of aromatic hydroxyl groups is 2. The van der Waals surface area contributed by atoms with Crippen molar-refractivity contribution in [3.63, 3.8) is 0 Å². The van der Waals surface area contributed by atoms with Crippen LogP contribution in [0, 0.1) is 0 Å². The number of carbonyl (C=O) groups is 2. The van der Waals surface area contributed by atoms with Gasteiger partial charge < -0.3 is 59.3 Å². The predicted molar refractivity (Wildman–Crippen MR) is 311 cm³/mol. The number of hydrogen-bond donors (Lipinski definition) is 5. The van der Waals surface area contributed by atoms with E-state index in [0.29, 0.717) is 79.3 Å². The molecule has 0 aliphatic carbocycles. The summed E-state index contributed by atoms with van der Waals surface area (Å²) >= 11 is 3.36. The number of phenolic OH excluding ortho intramolecular Hbond substituents is 2. The van der Waals surface area contributed by atoms with Crippen LogP contribution in [0.15, 0.2) is 188 Å². The van der Waals surface area contributed by atoms with Crippen molar-refractivity contribution in [3.05, 3.63) is 233 Å². The van der Waals surface area contributed by atoms with Crippen molar-refractivity contribution >= 4 is 28.5 Å². The van der Waals surface area contributed by atoms with Crippen molar-refractivity contribution in [1.29, 1.82) is 0 Å². The molecule has 79 heavy (non-hydrogen) atoms. The number of aldehydes is 2. The number of nitrogens with two attached hydrogens (primary N) is 1. The molecule has 0 atom stereocenters. The number of aliphatic hydroxyl groups excluding tert-OH is 2. The average molecular weight is 1140 g/mol. The molecule has 0 radical (unpaired) electrons. The Kier molecular flexibility index (Phi) is 29.9.